The van der Waals surface area contributed by atoms with Crippen LogP contribution in [0.2, 0.25) is 0 Å². The van der Waals surface area contributed by atoms with E-state index < -0.39 is 6.43 Å². The van der Waals surface area contributed by atoms with Crippen molar-refractivity contribution in [1.29, 1.82) is 0 Å². The Kier molecular flexibility index (Phi) is 24.9. The number of hydrogen-bond donors (Lipinski definition) is 4. The zero-order chi connectivity index (χ0) is 82.9. The number of fused-ring (bicyclic) bond motifs is 8. The molecule has 0 saturated heterocycles. The fourth-order valence-corrected chi connectivity index (χ4v) is 20.1. The molecule has 0 unspecified atom stereocenters. The molecule has 4 heterocycles. The first kappa shape index (κ1) is 83.6. The van der Waals surface area contributed by atoms with E-state index in [1.54, 1.807) is 0 Å². The van der Waals surface area contributed by atoms with Gasteiger partial charge in [0.15, 0.2) is 0 Å². The highest BCUT2D eigenvalue weighted by Crippen LogP contribution is 2.55. The maximum absolute atomic E-state index is 13.0. The predicted molar refractivity (Wildman–Crippen MR) is 457 cm³/mol. The zero-order valence-corrected chi connectivity index (χ0v) is 70.2. The Morgan fingerprint density at radius 3 is 0.845 bits per heavy atom. The Morgan fingerprint density at radius 1 is 0.345 bits per heavy atom. The van der Waals surface area contributed by atoms with Gasteiger partial charge in [0.25, 0.3) is 24.1 Å². The zero-order valence-electron chi connectivity index (χ0n) is 70.2. The maximum atomic E-state index is 13.0. The van der Waals surface area contributed by atoms with Gasteiger partial charge in [-0.3, -0.25) is 33.6 Å². The van der Waals surface area contributed by atoms with E-state index in [-0.39, 0.29) is 92.6 Å². The smallest absolute Gasteiger partial charge is 0.263 e. The molecule has 8 aromatic rings. The normalized spacial score (nSPS) is 24.4. The van der Waals surface area contributed by atoms with Crippen LogP contribution >= 0.6 is 0 Å². The molecule has 0 aromatic heterocycles. The standard InChI is InChI=1S/3C25H30N2O2.C24H27F2NO2/c3*1-16-5-8-20(9-6-16)26-23(28)18(3)19-11-13-25(14-12-19)22-10-7-17(2)15-21(22)24(29)27(25)4;1-15-3-6-19(7-4-15)27-23(28)16(2)17-9-11-24(12-10-17)14-29-21-13-18(22(25)26)5-8-20(21)24/h3*5-10,15,18-19H,11-14H2,1-4H3,(H,26,28);3-8,13,16-17,22H,9-12,14H2,1-2H3,(H,27,28)/t3*18-,19?,25?;16-,17?,24?/m1000/s1. The summed E-state index contributed by atoms with van der Waals surface area (Å²) in [5.41, 5.74) is 17.9. The highest BCUT2D eigenvalue weighted by atomic mass is 19.3. The number of ether oxygens (including phenoxy) is 1. The van der Waals surface area contributed by atoms with Crippen LogP contribution in [-0.4, -0.2) is 83.8 Å². The number of benzene rings is 8. The molecule has 0 bridgehead atoms. The summed E-state index contributed by atoms with van der Waals surface area (Å²) < 4.78 is 31.7. The summed E-state index contributed by atoms with van der Waals surface area (Å²) in [5, 5.41) is 12.2. The second kappa shape index (κ2) is 34.5. The molecular weight excluding hydrogens is 1450 g/mol. The number of rotatable bonds is 13. The molecule has 8 aromatic carbocycles. The van der Waals surface area contributed by atoms with Crippen molar-refractivity contribution < 1.29 is 47.1 Å². The Bertz CT molecular complexity index is 4580. The number of amides is 7. The SMILES string of the molecule is Cc1ccc(NC(=O)[C@@H](C)C2CCC3(CC2)COc2cc(C(F)F)ccc23)cc1.Cc1ccc(NC(=O)[C@@H](C)C2CCC3(CC2)c2ccc(C)cc2C(=O)N3C)cc1.Cc1ccc(NC(=O)[C@@H](C)C2CCC3(CC2)c2ccc(C)cc2C(=O)N3C)cc1.Cc1ccc(NC(=O)[C@H](C)C2CCC3(CC2)c2ccc(C)cc2C(=O)N3C)cc1. The second-order valence-electron chi connectivity index (χ2n) is 35.4. The molecule has 4 atom stereocenters. The molecule has 4 N–H and O–H groups in total. The quantitative estimate of drug-likeness (QED) is 0.0878. The molecule has 15 nitrogen and oxygen atoms in total. The fraction of sp³-hybridized carbons (Fsp3) is 0.444. The fourth-order valence-electron chi connectivity index (χ4n) is 20.1. The van der Waals surface area contributed by atoms with Crippen LogP contribution in [0.1, 0.15) is 235 Å². The van der Waals surface area contributed by atoms with Crippen molar-refractivity contribution in [2.45, 2.75) is 207 Å². The topological polar surface area (TPSA) is 187 Å². The molecule has 4 fully saturated rings. The summed E-state index contributed by atoms with van der Waals surface area (Å²) in [6, 6.07) is 55.2. The lowest BCUT2D eigenvalue weighted by Gasteiger charge is -2.43. The second-order valence-corrected chi connectivity index (χ2v) is 35.4. The van der Waals surface area contributed by atoms with E-state index in [0.29, 0.717) is 36.0 Å². The number of nitrogens with zero attached hydrogens (tertiary/aromatic N) is 3. The van der Waals surface area contributed by atoms with Crippen LogP contribution in [0.15, 0.2) is 170 Å². The molecular formula is C99H117F2N7O8. The van der Waals surface area contributed by atoms with Gasteiger partial charge in [0, 0.05) is 101 Å². The molecule has 4 aliphatic heterocycles. The van der Waals surface area contributed by atoms with Crippen molar-refractivity contribution in [2.75, 3.05) is 49.0 Å². The van der Waals surface area contributed by atoms with Gasteiger partial charge in [0.05, 0.1) is 23.2 Å². The van der Waals surface area contributed by atoms with Crippen LogP contribution in [0, 0.1) is 95.8 Å². The van der Waals surface area contributed by atoms with Crippen molar-refractivity contribution in [3.8, 4) is 5.75 Å². The average Bonchev–Trinajstić information content (AvgIpc) is 1.62. The minimum atomic E-state index is -2.48. The number of carbonyl (C=O) groups excluding carboxylic acids is 7. The van der Waals surface area contributed by atoms with E-state index in [1.807, 2.05) is 233 Å². The first-order valence-corrected chi connectivity index (χ1v) is 42.1. The van der Waals surface area contributed by atoms with Gasteiger partial charge in [0.2, 0.25) is 23.6 Å². The van der Waals surface area contributed by atoms with Gasteiger partial charge in [0.1, 0.15) is 5.75 Å². The van der Waals surface area contributed by atoms with Crippen molar-refractivity contribution >= 4 is 64.1 Å². The Hall–Kier alpha value is -10.3. The molecule has 4 saturated carbocycles. The van der Waals surface area contributed by atoms with Crippen molar-refractivity contribution in [1.82, 2.24) is 14.7 Å². The number of alkyl halides is 2. The summed E-state index contributed by atoms with van der Waals surface area (Å²) in [5.74, 6) is 2.42. The van der Waals surface area contributed by atoms with Crippen LogP contribution in [0.3, 0.4) is 0 Å². The first-order chi connectivity index (χ1) is 55.3. The summed E-state index contributed by atoms with van der Waals surface area (Å²) in [6.07, 6.45) is 12.4. The van der Waals surface area contributed by atoms with Gasteiger partial charge in [-0.15, -0.1) is 0 Å². The third-order valence-corrected chi connectivity index (χ3v) is 28.2. The van der Waals surface area contributed by atoms with Gasteiger partial charge < -0.3 is 40.7 Å². The van der Waals surface area contributed by atoms with Crippen molar-refractivity contribution in [3.63, 3.8) is 0 Å². The van der Waals surface area contributed by atoms with Crippen LogP contribution in [0.5, 0.6) is 5.75 Å². The largest absolute Gasteiger partial charge is 0.492 e. The molecule has 8 aliphatic rings. The van der Waals surface area contributed by atoms with E-state index in [1.165, 1.54) is 45.5 Å². The number of halogens is 2. The maximum Gasteiger partial charge on any atom is 0.263 e. The molecule has 0 radical (unpaired) electrons. The van der Waals surface area contributed by atoms with Gasteiger partial charge in [-0.05, 0) is 264 Å². The highest BCUT2D eigenvalue weighted by molar-refractivity contribution is 6.02. The minimum Gasteiger partial charge on any atom is -0.492 e. The molecule has 4 spiro atoms. The van der Waals surface area contributed by atoms with E-state index in [0.717, 1.165) is 170 Å². The van der Waals surface area contributed by atoms with Crippen LogP contribution in [-0.2, 0) is 41.2 Å². The third kappa shape index (κ3) is 17.0. The lowest BCUT2D eigenvalue weighted by atomic mass is 9.65. The number of nitrogens with one attached hydrogen (secondary N) is 4. The summed E-state index contributed by atoms with van der Waals surface area (Å²) in [7, 11) is 5.81. The lowest BCUT2D eigenvalue weighted by Crippen LogP contribution is -2.45. The summed E-state index contributed by atoms with van der Waals surface area (Å²) in [4.78, 5) is 95.4. The number of hydrogen-bond acceptors (Lipinski definition) is 8. The molecule has 17 heteroatoms. The van der Waals surface area contributed by atoms with E-state index >= 15 is 0 Å². The molecule has 610 valence electrons. The number of carbonyl (C=O) groups is 7. The Balaban J connectivity index is 0.000000135. The Morgan fingerprint density at radius 2 is 0.586 bits per heavy atom. The number of aryl methyl sites for hydroxylation is 7. The molecule has 4 aliphatic carbocycles. The summed E-state index contributed by atoms with van der Waals surface area (Å²) in [6.45, 7) is 22.9. The molecule has 116 heavy (non-hydrogen) atoms. The van der Waals surface area contributed by atoms with Crippen LogP contribution in [0.4, 0.5) is 31.5 Å². The minimum absolute atomic E-state index is 0.0101. The average molecular weight is 1570 g/mol. The predicted octanol–water partition coefficient (Wildman–Crippen LogP) is 21.2. The molecule has 16 rings (SSSR count). The van der Waals surface area contributed by atoms with Crippen LogP contribution in [0.25, 0.3) is 0 Å². The van der Waals surface area contributed by atoms with E-state index in [9.17, 15) is 42.3 Å². The van der Waals surface area contributed by atoms with Crippen LogP contribution < -0.4 is 26.0 Å². The lowest BCUT2D eigenvalue weighted by molar-refractivity contribution is -0.122. The van der Waals surface area contributed by atoms with Crippen molar-refractivity contribution in [3.05, 3.63) is 253 Å². The van der Waals surface area contributed by atoms with E-state index in [2.05, 4.69) is 57.7 Å². The van der Waals surface area contributed by atoms with Crippen molar-refractivity contribution in [2.24, 2.45) is 47.3 Å². The first-order valence-electron chi connectivity index (χ1n) is 42.1. The van der Waals surface area contributed by atoms with Gasteiger partial charge in [-0.25, -0.2) is 8.78 Å². The monoisotopic (exact) mass is 1570 g/mol. The van der Waals surface area contributed by atoms with Gasteiger partial charge in [-0.2, -0.15) is 0 Å². The van der Waals surface area contributed by atoms with Gasteiger partial charge >= 0.3 is 0 Å². The molecule has 7 amide bonds. The Labute approximate surface area is 684 Å². The summed E-state index contributed by atoms with van der Waals surface area (Å²) >= 11 is 0. The van der Waals surface area contributed by atoms with E-state index in [4.69, 9.17) is 4.74 Å². The highest BCUT2D eigenvalue weighted by Gasteiger charge is 2.54. The number of anilines is 4. The van der Waals surface area contributed by atoms with Gasteiger partial charge in [-0.1, -0.05) is 164 Å². The third-order valence-electron chi connectivity index (χ3n) is 28.2.